The summed E-state index contributed by atoms with van der Waals surface area (Å²) in [5.41, 5.74) is 1.25. The maximum Gasteiger partial charge on any atom is 0.308 e. The van der Waals surface area contributed by atoms with Crippen LogP contribution in [0.5, 0.6) is 0 Å². The highest BCUT2D eigenvalue weighted by molar-refractivity contribution is 5.98. The molecule has 1 aliphatic heterocycles. The van der Waals surface area contributed by atoms with Gasteiger partial charge in [0, 0.05) is 18.7 Å². The van der Waals surface area contributed by atoms with E-state index in [1.807, 2.05) is 0 Å². The van der Waals surface area contributed by atoms with Crippen LogP contribution in [0.15, 0.2) is 41.0 Å². The van der Waals surface area contributed by atoms with Gasteiger partial charge in [0.2, 0.25) is 0 Å². The van der Waals surface area contributed by atoms with Crippen LogP contribution in [0, 0.1) is 11.7 Å². The van der Waals surface area contributed by atoms with Crippen LogP contribution in [0.25, 0.3) is 11.1 Å². The van der Waals surface area contributed by atoms with E-state index in [1.54, 1.807) is 18.2 Å². The number of rotatable bonds is 3. The van der Waals surface area contributed by atoms with Crippen molar-refractivity contribution >= 4 is 11.9 Å². The summed E-state index contributed by atoms with van der Waals surface area (Å²) < 4.78 is 18.4. The largest absolute Gasteiger partial charge is 0.481 e. The summed E-state index contributed by atoms with van der Waals surface area (Å²) in [5, 5.41) is 9.13. The number of amides is 1. The molecule has 1 saturated heterocycles. The zero-order valence-corrected chi connectivity index (χ0v) is 12.4. The molecule has 1 amide bonds. The molecule has 0 spiro atoms. The van der Waals surface area contributed by atoms with Crippen LogP contribution in [-0.4, -0.2) is 35.0 Å². The number of carboxylic acid groups (broad SMARTS) is 1. The quantitative estimate of drug-likeness (QED) is 0.944. The van der Waals surface area contributed by atoms with Crippen LogP contribution in [0.2, 0.25) is 0 Å². The highest BCUT2D eigenvalue weighted by Gasteiger charge is 2.31. The van der Waals surface area contributed by atoms with Crippen LogP contribution in [0.4, 0.5) is 4.39 Å². The summed E-state index contributed by atoms with van der Waals surface area (Å²) in [6, 6.07) is 7.44. The molecule has 0 aliphatic carbocycles. The molecule has 0 bridgehead atoms. The molecule has 1 atom stereocenters. The minimum Gasteiger partial charge on any atom is -0.481 e. The third kappa shape index (κ3) is 3.11. The van der Waals surface area contributed by atoms with E-state index in [0.717, 1.165) is 0 Å². The highest BCUT2D eigenvalue weighted by atomic mass is 19.1. The number of carboxylic acids is 1. The van der Waals surface area contributed by atoms with Crippen molar-refractivity contribution in [3.8, 4) is 11.1 Å². The fraction of sp³-hybridized carbons (Fsp3) is 0.294. The van der Waals surface area contributed by atoms with Crippen LogP contribution >= 0.6 is 0 Å². The molecule has 1 aliphatic rings. The lowest BCUT2D eigenvalue weighted by molar-refractivity contribution is -0.143. The lowest BCUT2D eigenvalue weighted by Crippen LogP contribution is -2.42. The fourth-order valence-electron chi connectivity index (χ4n) is 2.84. The van der Waals surface area contributed by atoms with Crippen LogP contribution in [0.1, 0.15) is 23.4 Å². The van der Waals surface area contributed by atoms with Gasteiger partial charge >= 0.3 is 5.97 Å². The van der Waals surface area contributed by atoms with E-state index in [4.69, 9.17) is 9.52 Å². The van der Waals surface area contributed by atoms with Gasteiger partial charge in [0.1, 0.15) is 5.82 Å². The topological polar surface area (TPSA) is 70.8 Å². The van der Waals surface area contributed by atoms with Crippen molar-refractivity contribution in [1.82, 2.24) is 4.90 Å². The SMILES string of the molecule is O=C(O)C1CCCN(C(=O)c2occc2-c2ccc(F)cc2)C1. The van der Waals surface area contributed by atoms with Crippen LogP contribution < -0.4 is 0 Å². The van der Waals surface area contributed by atoms with Crippen LogP contribution in [-0.2, 0) is 4.79 Å². The Bertz CT molecular complexity index is 722. The first-order valence-corrected chi connectivity index (χ1v) is 7.42. The maximum absolute atomic E-state index is 13.0. The van der Waals surface area contributed by atoms with Crippen molar-refractivity contribution in [1.29, 1.82) is 0 Å². The van der Waals surface area contributed by atoms with E-state index in [2.05, 4.69) is 0 Å². The Hall–Kier alpha value is -2.63. The number of nitrogens with zero attached hydrogens (tertiary/aromatic N) is 1. The summed E-state index contributed by atoms with van der Waals surface area (Å²) in [4.78, 5) is 25.3. The van der Waals surface area contributed by atoms with Crippen molar-refractivity contribution in [2.45, 2.75) is 12.8 Å². The first kappa shape index (κ1) is 15.3. The molecule has 1 fully saturated rings. The lowest BCUT2D eigenvalue weighted by atomic mass is 9.97. The minimum absolute atomic E-state index is 0.155. The van der Waals surface area contributed by atoms with Gasteiger partial charge in [-0.05, 0) is 36.6 Å². The maximum atomic E-state index is 13.0. The summed E-state index contributed by atoms with van der Waals surface area (Å²) in [6.07, 6.45) is 2.63. The number of carbonyl (C=O) groups is 2. The standard InChI is InChI=1S/C17H16FNO4/c18-13-5-3-11(4-6-13)14-7-9-23-15(14)16(20)19-8-1-2-12(10-19)17(21)22/h3-7,9,12H,1-2,8,10H2,(H,21,22). The van der Waals surface area contributed by atoms with Gasteiger partial charge in [-0.2, -0.15) is 0 Å². The Morgan fingerprint density at radius 3 is 2.65 bits per heavy atom. The fourth-order valence-corrected chi connectivity index (χ4v) is 2.84. The van der Waals surface area contributed by atoms with E-state index < -0.39 is 11.9 Å². The molecular weight excluding hydrogens is 301 g/mol. The van der Waals surface area contributed by atoms with Crippen molar-refractivity contribution in [3.63, 3.8) is 0 Å². The van der Waals surface area contributed by atoms with E-state index in [1.165, 1.54) is 23.3 Å². The summed E-state index contributed by atoms with van der Waals surface area (Å²) in [7, 11) is 0. The molecule has 1 aromatic heterocycles. The lowest BCUT2D eigenvalue weighted by Gasteiger charge is -2.30. The van der Waals surface area contributed by atoms with Crippen molar-refractivity contribution in [2.75, 3.05) is 13.1 Å². The molecule has 1 aromatic carbocycles. The average molecular weight is 317 g/mol. The molecule has 1 unspecified atom stereocenters. The third-order valence-corrected chi connectivity index (χ3v) is 4.07. The Balaban J connectivity index is 1.85. The van der Waals surface area contributed by atoms with E-state index in [-0.39, 0.29) is 24.0 Å². The molecule has 120 valence electrons. The molecule has 2 aromatic rings. The molecule has 0 radical (unpaired) electrons. The van der Waals surface area contributed by atoms with Gasteiger partial charge in [-0.15, -0.1) is 0 Å². The molecule has 23 heavy (non-hydrogen) atoms. The monoisotopic (exact) mass is 317 g/mol. The van der Waals surface area contributed by atoms with Gasteiger partial charge < -0.3 is 14.4 Å². The summed E-state index contributed by atoms with van der Waals surface area (Å²) in [6.45, 7) is 0.684. The first-order chi connectivity index (χ1) is 11.1. The molecule has 3 rings (SSSR count). The number of hydrogen-bond donors (Lipinski definition) is 1. The second-order valence-electron chi connectivity index (χ2n) is 5.60. The van der Waals surface area contributed by atoms with Gasteiger partial charge in [0.05, 0.1) is 12.2 Å². The van der Waals surface area contributed by atoms with Gasteiger partial charge in [0.15, 0.2) is 5.76 Å². The average Bonchev–Trinajstić information content (AvgIpc) is 3.04. The van der Waals surface area contributed by atoms with Crippen molar-refractivity contribution in [2.24, 2.45) is 5.92 Å². The minimum atomic E-state index is -0.888. The molecule has 5 nitrogen and oxygen atoms in total. The summed E-state index contributed by atoms with van der Waals surface area (Å²) >= 11 is 0. The van der Waals surface area contributed by atoms with Crippen LogP contribution in [0.3, 0.4) is 0 Å². The number of furan rings is 1. The Morgan fingerprint density at radius 2 is 1.96 bits per heavy atom. The first-order valence-electron chi connectivity index (χ1n) is 7.42. The van der Waals surface area contributed by atoms with Gasteiger partial charge in [-0.25, -0.2) is 4.39 Å². The molecular formula is C17H16FNO4. The van der Waals surface area contributed by atoms with Gasteiger partial charge in [-0.3, -0.25) is 9.59 Å². The number of likely N-dealkylation sites (tertiary alicyclic amines) is 1. The second-order valence-corrected chi connectivity index (χ2v) is 5.60. The van der Waals surface area contributed by atoms with Gasteiger partial charge in [0.25, 0.3) is 5.91 Å². The number of carbonyl (C=O) groups excluding carboxylic acids is 1. The van der Waals surface area contributed by atoms with Gasteiger partial charge in [-0.1, -0.05) is 12.1 Å². The third-order valence-electron chi connectivity index (χ3n) is 4.07. The highest BCUT2D eigenvalue weighted by Crippen LogP contribution is 2.28. The Kier molecular flexibility index (Phi) is 4.14. The zero-order chi connectivity index (χ0) is 16.4. The molecule has 0 saturated carbocycles. The number of aliphatic carboxylic acids is 1. The molecule has 6 heteroatoms. The number of piperidine rings is 1. The zero-order valence-electron chi connectivity index (χ0n) is 12.4. The predicted octanol–water partition coefficient (Wildman–Crippen LogP) is 3.02. The molecule has 1 N–H and O–H groups in total. The Morgan fingerprint density at radius 1 is 1.22 bits per heavy atom. The Labute approximate surface area is 132 Å². The number of benzene rings is 1. The van der Waals surface area contributed by atoms with E-state index >= 15 is 0 Å². The normalized spacial score (nSPS) is 18.0. The second kappa shape index (κ2) is 6.24. The smallest absolute Gasteiger partial charge is 0.308 e. The van der Waals surface area contributed by atoms with E-state index in [9.17, 15) is 14.0 Å². The van der Waals surface area contributed by atoms with Crippen molar-refractivity contribution < 1.29 is 23.5 Å². The number of hydrogen-bond acceptors (Lipinski definition) is 3. The molecule has 2 heterocycles. The van der Waals surface area contributed by atoms with E-state index in [0.29, 0.717) is 30.5 Å². The predicted molar refractivity (Wildman–Crippen MR) is 80.4 cm³/mol. The van der Waals surface area contributed by atoms with Crippen molar-refractivity contribution in [3.05, 3.63) is 48.2 Å². The number of halogens is 1. The summed E-state index contributed by atoms with van der Waals surface area (Å²) in [5.74, 6) is -1.97.